The molecule has 1 aromatic heterocycles. The lowest BCUT2D eigenvalue weighted by Gasteiger charge is -2.25. The van der Waals surface area contributed by atoms with E-state index in [1.165, 1.54) is 11.3 Å². The molecule has 1 amide bonds. The van der Waals surface area contributed by atoms with Gasteiger partial charge >= 0.3 is 0 Å². The third-order valence-electron chi connectivity index (χ3n) is 7.00. The Kier molecular flexibility index (Phi) is 7.49. The molecule has 6 rings (SSSR count). The van der Waals surface area contributed by atoms with Gasteiger partial charge in [-0.2, -0.15) is 0 Å². The molecule has 1 aliphatic rings. The zero-order valence-corrected chi connectivity index (χ0v) is 24.1. The van der Waals surface area contributed by atoms with Crippen LogP contribution in [0, 0.1) is 12.3 Å². The molecule has 0 radical (unpaired) electrons. The van der Waals surface area contributed by atoms with Crippen molar-refractivity contribution in [1.29, 1.82) is 0 Å². The van der Waals surface area contributed by atoms with Crippen molar-refractivity contribution in [2.45, 2.75) is 13.0 Å². The van der Waals surface area contributed by atoms with E-state index in [-0.39, 0.29) is 18.1 Å². The number of halogens is 1. The topological polar surface area (TPSA) is 72.7 Å². The van der Waals surface area contributed by atoms with E-state index in [1.807, 2.05) is 84.9 Å². The van der Waals surface area contributed by atoms with Gasteiger partial charge in [-0.25, -0.2) is 4.99 Å². The maximum Gasteiger partial charge on any atom is 0.271 e. The van der Waals surface area contributed by atoms with Crippen LogP contribution >= 0.6 is 22.9 Å². The number of allylic oxidation sites excluding steroid dienone is 1. The second kappa shape index (κ2) is 11.5. The van der Waals surface area contributed by atoms with E-state index in [0.29, 0.717) is 37.1 Å². The fourth-order valence-electron chi connectivity index (χ4n) is 5.09. The summed E-state index contributed by atoms with van der Waals surface area (Å²) in [7, 11) is 0. The van der Waals surface area contributed by atoms with E-state index in [0.717, 1.165) is 21.9 Å². The van der Waals surface area contributed by atoms with Gasteiger partial charge in [-0.1, -0.05) is 89.5 Å². The highest BCUT2D eigenvalue weighted by molar-refractivity contribution is 7.07. The van der Waals surface area contributed by atoms with Crippen LogP contribution in [-0.4, -0.2) is 17.1 Å². The number of hydrogen-bond acceptors (Lipinski definition) is 5. The lowest BCUT2D eigenvalue weighted by Crippen LogP contribution is -2.40. The van der Waals surface area contributed by atoms with E-state index in [2.05, 4.69) is 11.2 Å². The number of nitrogens with zero attached hydrogens (tertiary/aromatic N) is 2. The molecule has 0 saturated carbocycles. The molecule has 0 bridgehead atoms. The summed E-state index contributed by atoms with van der Waals surface area (Å²) >= 11 is 7.47. The molecule has 6 nitrogen and oxygen atoms in total. The highest BCUT2D eigenvalue weighted by Crippen LogP contribution is 2.32. The summed E-state index contributed by atoms with van der Waals surface area (Å²) in [5.74, 6) is 2.74. The lowest BCUT2D eigenvalue weighted by atomic mass is 9.95. The number of hydrogen-bond donors (Lipinski definition) is 1. The van der Waals surface area contributed by atoms with Gasteiger partial charge in [-0.15, -0.1) is 6.42 Å². The van der Waals surface area contributed by atoms with E-state index in [9.17, 15) is 9.59 Å². The summed E-state index contributed by atoms with van der Waals surface area (Å²) < 4.78 is 7.90. The number of thiazole rings is 1. The van der Waals surface area contributed by atoms with Gasteiger partial charge in [0.25, 0.3) is 11.5 Å². The Morgan fingerprint density at radius 1 is 1.07 bits per heavy atom. The van der Waals surface area contributed by atoms with Gasteiger partial charge in [0.1, 0.15) is 12.4 Å². The molecule has 0 spiro atoms. The SMILES string of the molecule is C#CCOc1ccc2ccccc2c1/C=c1\sc2n(c1=O)[C@@H](c1ccc(Cl)cc1)C(C(=O)Nc1ccccc1)=C(C)N=2. The van der Waals surface area contributed by atoms with Gasteiger partial charge in [0, 0.05) is 16.3 Å². The molecule has 0 fully saturated rings. The maximum atomic E-state index is 14.2. The number of rotatable bonds is 6. The minimum Gasteiger partial charge on any atom is -0.480 e. The molecule has 0 saturated heterocycles. The van der Waals surface area contributed by atoms with E-state index < -0.39 is 6.04 Å². The predicted octanol–water partition coefficient (Wildman–Crippen LogP) is 5.69. The molecule has 2 heterocycles. The van der Waals surface area contributed by atoms with Crippen molar-refractivity contribution in [2.24, 2.45) is 4.99 Å². The second-order valence-electron chi connectivity index (χ2n) is 9.64. The Bertz CT molecular complexity index is 2090. The van der Waals surface area contributed by atoms with Crippen LogP contribution in [0.5, 0.6) is 5.75 Å². The van der Waals surface area contributed by atoms with Crippen molar-refractivity contribution in [3.8, 4) is 18.1 Å². The Labute approximate surface area is 250 Å². The normalized spacial score (nSPS) is 14.7. The number of ether oxygens (including phenoxy) is 1. The van der Waals surface area contributed by atoms with Crippen LogP contribution in [0.4, 0.5) is 5.69 Å². The Hall–Kier alpha value is -4.90. The quantitative estimate of drug-likeness (QED) is 0.259. The summed E-state index contributed by atoms with van der Waals surface area (Å²) in [5.41, 5.74) is 2.76. The van der Waals surface area contributed by atoms with Gasteiger partial charge in [0.2, 0.25) is 0 Å². The molecule has 0 unspecified atom stereocenters. The number of terminal acetylenes is 1. The van der Waals surface area contributed by atoms with E-state index in [1.54, 1.807) is 23.6 Å². The van der Waals surface area contributed by atoms with E-state index in [4.69, 9.17) is 27.8 Å². The van der Waals surface area contributed by atoms with Gasteiger partial charge in [0.15, 0.2) is 4.80 Å². The first-order chi connectivity index (χ1) is 20.4. The van der Waals surface area contributed by atoms with Crippen molar-refractivity contribution >= 4 is 51.4 Å². The molecule has 1 atom stereocenters. The first-order valence-electron chi connectivity index (χ1n) is 13.2. The van der Waals surface area contributed by atoms with Crippen LogP contribution in [0.2, 0.25) is 5.02 Å². The van der Waals surface area contributed by atoms with Crippen molar-refractivity contribution in [1.82, 2.24) is 4.57 Å². The minimum absolute atomic E-state index is 0.0933. The average Bonchev–Trinajstić information content (AvgIpc) is 3.30. The predicted molar refractivity (Wildman–Crippen MR) is 169 cm³/mol. The van der Waals surface area contributed by atoms with Crippen LogP contribution in [0.25, 0.3) is 16.8 Å². The molecule has 1 N–H and O–H groups in total. The van der Waals surface area contributed by atoms with Crippen LogP contribution in [-0.2, 0) is 4.79 Å². The summed E-state index contributed by atoms with van der Waals surface area (Å²) in [6.07, 6.45) is 7.29. The first-order valence-corrected chi connectivity index (χ1v) is 14.4. The molecule has 0 aliphatic carbocycles. The second-order valence-corrected chi connectivity index (χ2v) is 11.1. The number of carbonyl (C=O) groups is 1. The van der Waals surface area contributed by atoms with Gasteiger partial charge in [-0.3, -0.25) is 14.2 Å². The largest absolute Gasteiger partial charge is 0.480 e. The van der Waals surface area contributed by atoms with Gasteiger partial charge < -0.3 is 10.1 Å². The monoisotopic (exact) mass is 589 g/mol. The summed E-state index contributed by atoms with van der Waals surface area (Å²) in [6.45, 7) is 1.88. The number of nitrogens with one attached hydrogen (secondary N) is 1. The summed E-state index contributed by atoms with van der Waals surface area (Å²) in [4.78, 5) is 33.2. The lowest BCUT2D eigenvalue weighted by molar-refractivity contribution is -0.113. The minimum atomic E-state index is -0.714. The Morgan fingerprint density at radius 3 is 2.57 bits per heavy atom. The highest BCUT2D eigenvalue weighted by Gasteiger charge is 2.32. The third kappa shape index (κ3) is 5.14. The Balaban J connectivity index is 1.55. The van der Waals surface area contributed by atoms with Crippen molar-refractivity contribution in [3.05, 3.63) is 138 Å². The first kappa shape index (κ1) is 27.3. The van der Waals surface area contributed by atoms with Gasteiger partial charge in [0.05, 0.1) is 21.8 Å². The van der Waals surface area contributed by atoms with Crippen LogP contribution in [0.3, 0.4) is 0 Å². The van der Waals surface area contributed by atoms with Crippen LogP contribution < -0.4 is 24.9 Å². The average molecular weight is 590 g/mol. The van der Waals surface area contributed by atoms with Crippen LogP contribution in [0.1, 0.15) is 24.1 Å². The molecular formula is C34H24ClN3O3S. The zero-order chi connectivity index (χ0) is 29.2. The molecule has 4 aromatic carbocycles. The zero-order valence-electron chi connectivity index (χ0n) is 22.5. The fourth-order valence-corrected chi connectivity index (χ4v) is 6.25. The van der Waals surface area contributed by atoms with E-state index >= 15 is 0 Å². The number of fused-ring (bicyclic) bond motifs is 2. The van der Waals surface area contributed by atoms with Crippen molar-refractivity contribution < 1.29 is 9.53 Å². The standard InChI is InChI=1S/C34H24ClN3O3S/c1-3-19-41-28-18-15-22-9-7-8-12-26(22)27(28)20-29-33(40)38-31(23-13-16-24(35)17-14-23)30(21(2)36-34(38)42-29)32(39)37-25-10-5-4-6-11-25/h1,4-18,20,31H,19H2,2H3,(H,37,39)/b29-20-/t31-/m0/s1. The molecule has 206 valence electrons. The van der Waals surface area contributed by atoms with Crippen LogP contribution in [0.15, 0.2) is 112 Å². The number of amides is 1. The smallest absolute Gasteiger partial charge is 0.271 e. The third-order valence-corrected chi connectivity index (χ3v) is 8.24. The number of aromatic nitrogens is 1. The number of para-hydroxylation sites is 1. The molecule has 8 heteroatoms. The van der Waals surface area contributed by atoms with Crippen molar-refractivity contribution in [3.63, 3.8) is 0 Å². The molecular weight excluding hydrogens is 566 g/mol. The van der Waals surface area contributed by atoms with Crippen molar-refractivity contribution in [2.75, 3.05) is 11.9 Å². The highest BCUT2D eigenvalue weighted by atomic mass is 35.5. The number of carbonyl (C=O) groups excluding carboxylic acids is 1. The molecule has 5 aromatic rings. The molecule has 42 heavy (non-hydrogen) atoms. The van der Waals surface area contributed by atoms with Gasteiger partial charge in [-0.05, 0) is 59.7 Å². The molecule has 1 aliphatic heterocycles. The maximum absolute atomic E-state index is 14.2. The number of anilines is 1. The number of benzene rings is 4. The summed E-state index contributed by atoms with van der Waals surface area (Å²) in [5, 5.41) is 5.44. The fraction of sp³-hybridized carbons (Fsp3) is 0.0882. The Morgan fingerprint density at radius 2 is 1.81 bits per heavy atom. The summed E-state index contributed by atoms with van der Waals surface area (Å²) in [6, 6.07) is 27.3.